The fraction of sp³-hybridized carbons (Fsp3) is 0.231. The zero-order valence-electron chi connectivity index (χ0n) is 9.97. The van der Waals surface area contributed by atoms with Crippen molar-refractivity contribution in [2.45, 2.75) is 12.6 Å². The summed E-state index contributed by atoms with van der Waals surface area (Å²) in [7, 11) is -3.01. The van der Waals surface area contributed by atoms with Crippen LogP contribution in [-0.2, 0) is 16.4 Å². The van der Waals surface area contributed by atoms with Gasteiger partial charge in [-0.1, -0.05) is 35.9 Å². The first-order valence-electron chi connectivity index (χ1n) is 5.85. The van der Waals surface area contributed by atoms with Gasteiger partial charge in [0.15, 0.2) is 9.84 Å². The van der Waals surface area contributed by atoms with E-state index >= 15 is 0 Å². The second kappa shape index (κ2) is 4.90. The molecule has 3 rings (SSSR count). The van der Waals surface area contributed by atoms with E-state index in [-0.39, 0.29) is 11.8 Å². The van der Waals surface area contributed by atoms with Crippen molar-refractivity contribution >= 4 is 42.9 Å². The van der Waals surface area contributed by atoms with Crippen LogP contribution in [0.25, 0.3) is 10.1 Å². The summed E-state index contributed by atoms with van der Waals surface area (Å²) in [5, 5.41) is 6.31. The van der Waals surface area contributed by atoms with Gasteiger partial charge in [-0.2, -0.15) is 0 Å². The van der Waals surface area contributed by atoms with Gasteiger partial charge in [-0.05, 0) is 6.07 Å². The molecule has 0 saturated heterocycles. The maximum absolute atomic E-state index is 11.3. The summed E-state index contributed by atoms with van der Waals surface area (Å²) in [6.07, 6.45) is 1.69. The molecule has 100 valence electrons. The van der Waals surface area contributed by atoms with Crippen molar-refractivity contribution in [1.29, 1.82) is 0 Å². The largest absolute Gasteiger partial charge is 0.305 e. The third kappa shape index (κ3) is 2.69. The minimum Gasteiger partial charge on any atom is -0.305 e. The van der Waals surface area contributed by atoms with E-state index in [2.05, 4.69) is 5.32 Å². The van der Waals surface area contributed by atoms with E-state index in [0.29, 0.717) is 6.54 Å². The third-order valence-electron chi connectivity index (χ3n) is 3.06. The molecule has 0 amide bonds. The predicted molar refractivity (Wildman–Crippen MR) is 80.4 cm³/mol. The Bertz CT molecular complexity index is 749. The van der Waals surface area contributed by atoms with Crippen LogP contribution in [0.3, 0.4) is 0 Å². The van der Waals surface area contributed by atoms with Crippen molar-refractivity contribution in [3.8, 4) is 0 Å². The highest BCUT2D eigenvalue weighted by Gasteiger charge is 2.21. The lowest BCUT2D eigenvalue weighted by molar-refractivity contribution is 0.591. The van der Waals surface area contributed by atoms with Crippen LogP contribution in [0.4, 0.5) is 0 Å². The topological polar surface area (TPSA) is 46.2 Å². The number of hydrogen-bond acceptors (Lipinski definition) is 4. The first kappa shape index (κ1) is 13.1. The van der Waals surface area contributed by atoms with E-state index < -0.39 is 9.84 Å². The molecule has 6 heteroatoms. The second-order valence-electron chi connectivity index (χ2n) is 4.48. The number of nitrogens with one attached hydrogen (secondary N) is 1. The smallest absolute Gasteiger partial charge is 0.173 e. The summed E-state index contributed by atoms with van der Waals surface area (Å²) >= 11 is 7.97. The van der Waals surface area contributed by atoms with E-state index in [9.17, 15) is 8.42 Å². The summed E-state index contributed by atoms with van der Waals surface area (Å²) in [5.41, 5.74) is 0. The molecule has 1 aromatic heterocycles. The first-order valence-corrected chi connectivity index (χ1v) is 8.76. The summed E-state index contributed by atoms with van der Waals surface area (Å²) in [6, 6.07) is 7.86. The number of halogens is 1. The Kier molecular flexibility index (Phi) is 3.39. The van der Waals surface area contributed by atoms with Crippen molar-refractivity contribution in [2.24, 2.45) is 0 Å². The molecule has 1 atom stereocenters. The summed E-state index contributed by atoms with van der Waals surface area (Å²) in [6.45, 7) is 0.586. The molecule has 1 unspecified atom stereocenters. The molecular formula is C13H12ClNO2S2. The molecule has 0 aliphatic carbocycles. The molecule has 1 aliphatic rings. The maximum Gasteiger partial charge on any atom is 0.173 e. The highest BCUT2D eigenvalue weighted by Crippen LogP contribution is 2.35. The standard InChI is InChI=1S/C13H12ClNO2S2/c14-13-10-3-1-2-4-11(10)18-12(13)7-15-9-5-6-19(16,17)8-9/h1-6,9,15H,7-8H2. The lowest BCUT2D eigenvalue weighted by Crippen LogP contribution is -2.29. The molecule has 2 aromatic rings. The highest BCUT2D eigenvalue weighted by molar-refractivity contribution is 7.94. The molecule has 0 bridgehead atoms. The zero-order valence-corrected chi connectivity index (χ0v) is 12.4. The quantitative estimate of drug-likeness (QED) is 0.947. The van der Waals surface area contributed by atoms with Crippen LogP contribution in [0.15, 0.2) is 35.7 Å². The van der Waals surface area contributed by atoms with E-state index in [0.717, 1.165) is 20.0 Å². The summed E-state index contributed by atoms with van der Waals surface area (Å²) < 4.78 is 23.8. The van der Waals surface area contributed by atoms with Crippen LogP contribution in [0, 0.1) is 0 Å². The molecule has 2 heterocycles. The van der Waals surface area contributed by atoms with Crippen LogP contribution in [0.2, 0.25) is 5.02 Å². The fourth-order valence-corrected chi connectivity index (χ4v) is 4.83. The molecule has 1 aromatic carbocycles. The molecule has 3 nitrogen and oxygen atoms in total. The molecule has 1 N–H and O–H groups in total. The Morgan fingerprint density at radius 1 is 1.37 bits per heavy atom. The van der Waals surface area contributed by atoms with E-state index in [1.807, 2.05) is 24.3 Å². The fourth-order valence-electron chi connectivity index (χ4n) is 2.11. The Balaban J connectivity index is 1.76. The van der Waals surface area contributed by atoms with E-state index in [1.165, 1.54) is 5.41 Å². The lowest BCUT2D eigenvalue weighted by Gasteiger charge is -2.08. The predicted octanol–water partition coefficient (Wildman–Crippen LogP) is 2.96. The van der Waals surface area contributed by atoms with E-state index in [4.69, 9.17) is 11.6 Å². The van der Waals surface area contributed by atoms with Gasteiger partial charge < -0.3 is 5.32 Å². The van der Waals surface area contributed by atoms with Gasteiger partial charge in [0, 0.05) is 33.0 Å². The van der Waals surface area contributed by atoms with Crippen molar-refractivity contribution < 1.29 is 8.42 Å². The van der Waals surface area contributed by atoms with Gasteiger partial charge in [0.2, 0.25) is 0 Å². The van der Waals surface area contributed by atoms with Crippen molar-refractivity contribution in [3.63, 3.8) is 0 Å². The highest BCUT2D eigenvalue weighted by atomic mass is 35.5. The molecule has 0 saturated carbocycles. The average Bonchev–Trinajstić information content (AvgIpc) is 2.88. The van der Waals surface area contributed by atoms with Gasteiger partial charge in [-0.15, -0.1) is 11.3 Å². The van der Waals surface area contributed by atoms with Gasteiger partial charge in [-0.3, -0.25) is 0 Å². The third-order valence-corrected chi connectivity index (χ3v) is 6.17. The number of hydrogen-bond donors (Lipinski definition) is 1. The molecule has 1 aliphatic heterocycles. The Labute approximate surface area is 120 Å². The van der Waals surface area contributed by atoms with Crippen LogP contribution in [0.1, 0.15) is 4.88 Å². The van der Waals surface area contributed by atoms with Crippen molar-refractivity contribution in [2.75, 3.05) is 5.75 Å². The van der Waals surface area contributed by atoms with Crippen molar-refractivity contribution in [1.82, 2.24) is 5.32 Å². The Morgan fingerprint density at radius 3 is 2.84 bits per heavy atom. The molecule has 19 heavy (non-hydrogen) atoms. The molecule has 0 fully saturated rings. The maximum atomic E-state index is 11.3. The van der Waals surface area contributed by atoms with Crippen molar-refractivity contribution in [3.05, 3.63) is 45.6 Å². The minimum absolute atomic E-state index is 0.119. The average molecular weight is 314 g/mol. The van der Waals surface area contributed by atoms with Crippen LogP contribution >= 0.6 is 22.9 Å². The van der Waals surface area contributed by atoms with Gasteiger partial charge in [0.25, 0.3) is 0 Å². The molecule has 0 spiro atoms. The first-order chi connectivity index (χ1) is 9.05. The van der Waals surface area contributed by atoms with Crippen LogP contribution < -0.4 is 5.32 Å². The molecule has 0 radical (unpaired) electrons. The SMILES string of the molecule is O=S1(=O)C=CC(NCc2sc3ccccc3c2Cl)C1. The lowest BCUT2D eigenvalue weighted by atomic mass is 10.2. The summed E-state index contributed by atoms with van der Waals surface area (Å²) in [4.78, 5) is 1.04. The van der Waals surface area contributed by atoms with Gasteiger partial charge in [0.1, 0.15) is 0 Å². The normalized spacial score (nSPS) is 21.2. The number of sulfone groups is 1. The number of fused-ring (bicyclic) bond motifs is 1. The number of rotatable bonds is 3. The van der Waals surface area contributed by atoms with Crippen LogP contribution in [-0.4, -0.2) is 20.2 Å². The van der Waals surface area contributed by atoms with Gasteiger partial charge in [-0.25, -0.2) is 8.42 Å². The Hall–Kier alpha value is -0.880. The van der Waals surface area contributed by atoms with Crippen LogP contribution in [0.5, 0.6) is 0 Å². The monoisotopic (exact) mass is 313 g/mol. The number of thiophene rings is 1. The van der Waals surface area contributed by atoms with Gasteiger partial charge in [0.05, 0.1) is 10.8 Å². The molecular weight excluding hydrogens is 302 g/mol. The Morgan fingerprint density at radius 2 is 2.16 bits per heavy atom. The van der Waals surface area contributed by atoms with E-state index in [1.54, 1.807) is 17.4 Å². The zero-order chi connectivity index (χ0) is 13.5. The van der Waals surface area contributed by atoms with Gasteiger partial charge >= 0.3 is 0 Å². The minimum atomic E-state index is -3.01. The summed E-state index contributed by atoms with van der Waals surface area (Å²) in [5.74, 6) is 0.134. The number of benzene rings is 1. The second-order valence-corrected chi connectivity index (χ2v) is 7.93.